The van der Waals surface area contributed by atoms with Crippen LogP contribution in [0.2, 0.25) is 5.02 Å². The molecule has 2 amide bonds. The Morgan fingerprint density at radius 2 is 2.15 bits per heavy atom. The third kappa shape index (κ3) is 3.00. The van der Waals surface area contributed by atoms with Gasteiger partial charge in [0.2, 0.25) is 5.91 Å². The number of pyridine rings is 1. The van der Waals surface area contributed by atoms with E-state index in [1.807, 2.05) is 31.0 Å². The van der Waals surface area contributed by atoms with Crippen LogP contribution in [0.3, 0.4) is 0 Å². The zero-order chi connectivity index (χ0) is 19.1. The first-order chi connectivity index (χ1) is 13.0. The lowest BCUT2D eigenvalue weighted by atomic mass is 9.87. The van der Waals surface area contributed by atoms with Gasteiger partial charge in [0.15, 0.2) is 0 Å². The molecule has 4 rings (SSSR count). The van der Waals surface area contributed by atoms with Crippen molar-refractivity contribution in [2.24, 2.45) is 0 Å². The minimum Gasteiger partial charge on any atom is -0.349 e. The molecule has 140 valence electrons. The molecule has 0 saturated heterocycles. The first-order valence-corrected chi connectivity index (χ1v) is 9.78. The van der Waals surface area contributed by atoms with E-state index in [4.69, 9.17) is 11.6 Å². The molecule has 2 aliphatic rings. The molecule has 2 aromatic rings. The van der Waals surface area contributed by atoms with E-state index in [-0.39, 0.29) is 23.9 Å². The summed E-state index contributed by atoms with van der Waals surface area (Å²) in [5.74, 6) is 0.00926. The lowest BCUT2D eigenvalue weighted by Crippen LogP contribution is -2.33. The van der Waals surface area contributed by atoms with Crippen LogP contribution in [0.5, 0.6) is 0 Å². The van der Waals surface area contributed by atoms with E-state index in [1.54, 1.807) is 18.3 Å². The molecule has 0 saturated carbocycles. The van der Waals surface area contributed by atoms with Crippen LogP contribution < -0.4 is 10.2 Å². The smallest absolute Gasteiger partial charge is 0.259 e. The number of hydrogen-bond acceptors (Lipinski definition) is 3. The molecule has 2 atom stereocenters. The van der Waals surface area contributed by atoms with Gasteiger partial charge >= 0.3 is 0 Å². The van der Waals surface area contributed by atoms with Crippen LogP contribution in [0.4, 0.5) is 5.69 Å². The molecule has 0 bridgehead atoms. The van der Waals surface area contributed by atoms with Crippen molar-refractivity contribution in [3.63, 3.8) is 0 Å². The van der Waals surface area contributed by atoms with Crippen molar-refractivity contribution in [3.8, 4) is 0 Å². The first-order valence-electron chi connectivity index (χ1n) is 9.40. The number of fused-ring (bicyclic) bond motifs is 2. The van der Waals surface area contributed by atoms with Crippen LogP contribution in [0, 0.1) is 0 Å². The van der Waals surface area contributed by atoms with Crippen LogP contribution in [0.1, 0.15) is 72.2 Å². The van der Waals surface area contributed by atoms with Gasteiger partial charge in [0, 0.05) is 23.2 Å². The number of carbonyl (C=O) groups excluding carboxylic acids is 2. The van der Waals surface area contributed by atoms with E-state index in [2.05, 4.69) is 10.3 Å². The number of halogens is 1. The van der Waals surface area contributed by atoms with Crippen LogP contribution >= 0.6 is 11.6 Å². The Morgan fingerprint density at radius 1 is 1.33 bits per heavy atom. The number of aromatic nitrogens is 1. The van der Waals surface area contributed by atoms with Crippen LogP contribution in [0.25, 0.3) is 0 Å². The van der Waals surface area contributed by atoms with Gasteiger partial charge < -0.3 is 5.32 Å². The van der Waals surface area contributed by atoms with Crippen molar-refractivity contribution < 1.29 is 9.59 Å². The molecule has 0 unspecified atom stereocenters. The number of nitrogens with one attached hydrogen (secondary N) is 1. The highest BCUT2D eigenvalue weighted by Gasteiger charge is 2.37. The van der Waals surface area contributed by atoms with E-state index >= 15 is 0 Å². The average Bonchev–Trinajstić information content (AvgIpc) is 2.91. The molecule has 0 fully saturated rings. The molecule has 1 N–H and O–H groups in total. The first kappa shape index (κ1) is 18.0. The summed E-state index contributed by atoms with van der Waals surface area (Å²) in [6.07, 6.45) is 6.78. The summed E-state index contributed by atoms with van der Waals surface area (Å²) in [6, 6.07) is 5.27. The fraction of sp³-hybridized carbons (Fsp3) is 0.381. The number of anilines is 1. The Bertz CT molecular complexity index is 928. The van der Waals surface area contributed by atoms with E-state index in [1.165, 1.54) is 0 Å². The maximum absolute atomic E-state index is 13.1. The maximum Gasteiger partial charge on any atom is 0.259 e. The molecule has 0 radical (unpaired) electrons. The highest BCUT2D eigenvalue weighted by Crippen LogP contribution is 2.42. The van der Waals surface area contributed by atoms with Crippen molar-refractivity contribution in [2.45, 2.75) is 51.6 Å². The third-order valence-electron chi connectivity index (χ3n) is 5.58. The topological polar surface area (TPSA) is 62.3 Å². The summed E-state index contributed by atoms with van der Waals surface area (Å²) < 4.78 is 0. The lowest BCUT2D eigenvalue weighted by molar-refractivity contribution is -0.121. The number of nitrogens with zero attached hydrogens (tertiary/aromatic N) is 2. The van der Waals surface area contributed by atoms with Crippen molar-refractivity contribution in [2.75, 3.05) is 4.90 Å². The summed E-state index contributed by atoms with van der Waals surface area (Å²) >= 11 is 6.14. The van der Waals surface area contributed by atoms with Gasteiger partial charge in [-0.3, -0.25) is 19.5 Å². The second kappa shape index (κ2) is 6.97. The summed E-state index contributed by atoms with van der Waals surface area (Å²) in [5.41, 5.74) is 4.60. The van der Waals surface area contributed by atoms with Gasteiger partial charge in [-0.2, -0.15) is 0 Å². The number of hydrogen-bond donors (Lipinski definition) is 1. The highest BCUT2D eigenvalue weighted by atomic mass is 35.5. The van der Waals surface area contributed by atoms with Gasteiger partial charge in [-0.15, -0.1) is 0 Å². The van der Waals surface area contributed by atoms with Crippen molar-refractivity contribution in [1.29, 1.82) is 0 Å². The number of amides is 2. The molecule has 1 aromatic heterocycles. The maximum atomic E-state index is 13.1. The zero-order valence-electron chi connectivity index (χ0n) is 15.5. The second-order valence-corrected chi connectivity index (χ2v) is 7.61. The lowest BCUT2D eigenvalue weighted by Gasteiger charge is -2.31. The summed E-state index contributed by atoms with van der Waals surface area (Å²) in [6.45, 7) is 3.86. The average molecular weight is 384 g/mol. The Kier molecular flexibility index (Phi) is 4.64. The van der Waals surface area contributed by atoms with Crippen LogP contribution in [-0.2, 0) is 11.2 Å². The van der Waals surface area contributed by atoms with Gasteiger partial charge in [-0.05, 0) is 61.1 Å². The largest absolute Gasteiger partial charge is 0.349 e. The van der Waals surface area contributed by atoms with Gasteiger partial charge in [0.25, 0.3) is 5.91 Å². The molecule has 1 aliphatic heterocycles. The molecule has 5 nitrogen and oxygen atoms in total. The van der Waals surface area contributed by atoms with E-state index in [0.717, 1.165) is 41.6 Å². The third-order valence-corrected chi connectivity index (χ3v) is 5.81. The van der Waals surface area contributed by atoms with Crippen molar-refractivity contribution in [1.82, 2.24) is 10.3 Å². The fourth-order valence-corrected chi connectivity index (χ4v) is 4.37. The Labute approximate surface area is 163 Å². The molecule has 6 heteroatoms. The fourth-order valence-electron chi connectivity index (χ4n) is 4.19. The molecule has 1 aliphatic carbocycles. The molecule has 2 heterocycles. The summed E-state index contributed by atoms with van der Waals surface area (Å²) in [7, 11) is 0. The van der Waals surface area contributed by atoms with Crippen LogP contribution in [0.15, 0.2) is 30.6 Å². The van der Waals surface area contributed by atoms with Crippen LogP contribution in [-0.4, -0.2) is 16.8 Å². The van der Waals surface area contributed by atoms with E-state index < -0.39 is 0 Å². The number of benzene rings is 1. The second-order valence-electron chi connectivity index (χ2n) is 7.17. The quantitative estimate of drug-likeness (QED) is 0.856. The van der Waals surface area contributed by atoms with Gasteiger partial charge in [-0.25, -0.2) is 0 Å². The Hall–Kier alpha value is -2.40. The molecule has 1 aromatic carbocycles. The van der Waals surface area contributed by atoms with E-state index in [9.17, 15) is 9.59 Å². The Balaban J connectivity index is 1.75. The minimum atomic E-state index is -0.106. The monoisotopic (exact) mass is 383 g/mol. The molecular weight excluding hydrogens is 362 g/mol. The predicted molar refractivity (Wildman–Crippen MR) is 105 cm³/mol. The van der Waals surface area contributed by atoms with Crippen molar-refractivity contribution in [3.05, 3.63) is 57.9 Å². The Morgan fingerprint density at radius 3 is 2.93 bits per heavy atom. The normalized spacial score (nSPS) is 21.0. The predicted octanol–water partition coefficient (Wildman–Crippen LogP) is 4.36. The SMILES string of the molecule is CCC(=O)N[C@@H]1CCCc2c1cncc2N1C(=O)c2ccc(Cl)cc2[C@H]1C. The molecule has 27 heavy (non-hydrogen) atoms. The minimum absolute atomic E-state index is 0.0240. The summed E-state index contributed by atoms with van der Waals surface area (Å²) in [4.78, 5) is 31.2. The number of carbonyl (C=O) groups is 2. The van der Waals surface area contributed by atoms with E-state index in [0.29, 0.717) is 17.0 Å². The molecular formula is C21H22ClN3O2. The summed E-state index contributed by atoms with van der Waals surface area (Å²) in [5, 5.41) is 3.72. The standard InChI is InChI=1S/C21H22ClN3O2/c1-3-20(26)24-18-6-4-5-14-17(18)10-23-11-19(14)25-12(2)16-9-13(22)7-8-15(16)21(25)27/h7-12,18H,3-6H2,1-2H3,(H,24,26)/t12-,18-/m1/s1. The van der Waals surface area contributed by atoms with Gasteiger partial charge in [0.1, 0.15) is 0 Å². The number of rotatable bonds is 3. The zero-order valence-corrected chi connectivity index (χ0v) is 16.2. The van der Waals surface area contributed by atoms with Crippen molar-refractivity contribution >= 4 is 29.1 Å². The van der Waals surface area contributed by atoms with Gasteiger partial charge in [-0.1, -0.05) is 18.5 Å². The highest BCUT2D eigenvalue weighted by molar-refractivity contribution is 6.31. The molecule has 0 spiro atoms. The van der Waals surface area contributed by atoms with Gasteiger partial charge in [0.05, 0.1) is 24.0 Å².